The summed E-state index contributed by atoms with van der Waals surface area (Å²) in [5, 5.41) is 4.53. The zero-order chi connectivity index (χ0) is 19.6. The Morgan fingerprint density at radius 3 is 2.62 bits per heavy atom. The molecule has 156 valence electrons. The van der Waals surface area contributed by atoms with E-state index in [9.17, 15) is 4.79 Å². The van der Waals surface area contributed by atoms with Gasteiger partial charge in [0.1, 0.15) is 11.9 Å². The van der Waals surface area contributed by atoms with Crippen LogP contribution in [0.25, 0.3) is 10.9 Å². The number of hydrogen-bond donors (Lipinski definition) is 2. The predicted molar refractivity (Wildman–Crippen MR) is 115 cm³/mol. The summed E-state index contributed by atoms with van der Waals surface area (Å²) in [7, 11) is 0. The van der Waals surface area contributed by atoms with Gasteiger partial charge in [0.2, 0.25) is 0 Å². The van der Waals surface area contributed by atoms with Crippen LogP contribution >= 0.6 is 0 Å². The van der Waals surface area contributed by atoms with Crippen LogP contribution in [0.5, 0.6) is 5.75 Å². The lowest BCUT2D eigenvalue weighted by atomic mass is 9.85. The van der Waals surface area contributed by atoms with E-state index in [2.05, 4.69) is 16.4 Å². The summed E-state index contributed by atoms with van der Waals surface area (Å²) in [6.07, 6.45) is 8.62. The van der Waals surface area contributed by atoms with E-state index in [1.54, 1.807) is 0 Å². The Labute approximate surface area is 172 Å². The van der Waals surface area contributed by atoms with E-state index >= 15 is 0 Å². The maximum atomic E-state index is 13.0. The highest BCUT2D eigenvalue weighted by Crippen LogP contribution is 2.35. The van der Waals surface area contributed by atoms with Gasteiger partial charge in [-0.15, -0.1) is 0 Å². The monoisotopic (exact) mass is 396 g/mol. The third-order valence-electron chi connectivity index (χ3n) is 6.86. The lowest BCUT2D eigenvalue weighted by molar-refractivity contribution is -0.0819. The van der Waals surface area contributed by atoms with E-state index in [1.165, 1.54) is 32.1 Å². The molecule has 5 heteroatoms. The highest BCUT2D eigenvalue weighted by atomic mass is 16.5. The summed E-state index contributed by atoms with van der Waals surface area (Å²) in [6, 6.07) is 8.03. The van der Waals surface area contributed by atoms with Crippen LogP contribution in [0, 0.1) is 17.8 Å². The molecule has 2 N–H and O–H groups in total. The van der Waals surface area contributed by atoms with Crippen LogP contribution in [-0.2, 0) is 11.2 Å². The van der Waals surface area contributed by atoms with Crippen molar-refractivity contribution in [2.45, 2.75) is 51.0 Å². The van der Waals surface area contributed by atoms with E-state index in [0.29, 0.717) is 11.8 Å². The van der Waals surface area contributed by atoms with Crippen molar-refractivity contribution in [1.29, 1.82) is 0 Å². The number of hydrogen-bond acceptors (Lipinski definition) is 4. The van der Waals surface area contributed by atoms with E-state index < -0.39 is 0 Å². The third-order valence-corrected chi connectivity index (χ3v) is 6.86. The quantitative estimate of drug-likeness (QED) is 0.669. The van der Waals surface area contributed by atoms with E-state index in [0.717, 1.165) is 67.3 Å². The summed E-state index contributed by atoms with van der Waals surface area (Å²) in [5.41, 5.74) is 1.70. The highest BCUT2D eigenvalue weighted by molar-refractivity contribution is 5.86. The minimum absolute atomic E-state index is 0.0104. The number of fused-ring (bicyclic) bond motifs is 3. The smallest absolute Gasteiger partial charge is 0.255 e. The van der Waals surface area contributed by atoms with Crippen LogP contribution in [0.2, 0.25) is 0 Å². The van der Waals surface area contributed by atoms with Crippen LogP contribution in [0.15, 0.2) is 29.1 Å². The first kappa shape index (κ1) is 19.1. The molecule has 1 aliphatic carbocycles. The van der Waals surface area contributed by atoms with Crippen molar-refractivity contribution in [1.82, 2.24) is 10.3 Å². The van der Waals surface area contributed by atoms with Gasteiger partial charge in [-0.2, -0.15) is 0 Å². The molecule has 3 fully saturated rings. The number of rotatable bonds is 8. The standard InChI is InChI=1S/C24H32N2O3/c27-24-20(8-3-1-2-6-16-10-11-16)23(19-7-4-5-9-21(19)26-24)29-22-17-12-25-13-18(22)15-28-14-17/h4-5,7,9,16-18,22,25H,1-3,6,8,10-15H2,(H,26,27). The Morgan fingerprint density at radius 1 is 1.03 bits per heavy atom. The molecular weight excluding hydrogens is 364 g/mol. The van der Waals surface area contributed by atoms with Gasteiger partial charge in [-0.3, -0.25) is 4.79 Å². The molecule has 2 saturated heterocycles. The topological polar surface area (TPSA) is 63.4 Å². The SMILES string of the molecule is O=c1[nH]c2ccccc2c(OC2C3CNCC2COC3)c1CCCCCC1CC1. The van der Waals surface area contributed by atoms with Crippen molar-refractivity contribution < 1.29 is 9.47 Å². The molecule has 3 aliphatic rings. The molecule has 1 aromatic heterocycles. The molecule has 1 aromatic carbocycles. The first-order valence-electron chi connectivity index (χ1n) is 11.4. The van der Waals surface area contributed by atoms with Gasteiger partial charge in [-0.25, -0.2) is 0 Å². The lowest BCUT2D eigenvalue weighted by Gasteiger charge is -2.42. The fraction of sp³-hybridized carbons (Fsp3) is 0.625. The number of nitrogens with one attached hydrogen (secondary N) is 2. The third kappa shape index (κ3) is 4.22. The summed E-state index contributed by atoms with van der Waals surface area (Å²) >= 11 is 0. The zero-order valence-electron chi connectivity index (χ0n) is 17.1. The number of unbranched alkanes of at least 4 members (excludes halogenated alkanes) is 2. The van der Waals surface area contributed by atoms with Crippen molar-refractivity contribution in [3.8, 4) is 5.75 Å². The summed E-state index contributed by atoms with van der Waals surface area (Å²) in [4.78, 5) is 16.0. The summed E-state index contributed by atoms with van der Waals surface area (Å²) in [6.45, 7) is 3.29. The maximum Gasteiger partial charge on any atom is 0.255 e. The molecule has 3 heterocycles. The molecular formula is C24H32N2O3. The van der Waals surface area contributed by atoms with Crippen molar-refractivity contribution in [2.24, 2.45) is 17.8 Å². The molecule has 5 rings (SSSR count). The number of aromatic nitrogens is 1. The van der Waals surface area contributed by atoms with Gasteiger partial charge in [0.05, 0.1) is 24.3 Å². The molecule has 5 nitrogen and oxygen atoms in total. The number of para-hydroxylation sites is 1. The highest BCUT2D eigenvalue weighted by Gasteiger charge is 2.39. The maximum absolute atomic E-state index is 13.0. The molecule has 1 saturated carbocycles. The Balaban J connectivity index is 1.40. The number of pyridine rings is 1. The van der Waals surface area contributed by atoms with Gasteiger partial charge >= 0.3 is 0 Å². The minimum atomic E-state index is 0.0104. The van der Waals surface area contributed by atoms with Crippen molar-refractivity contribution in [2.75, 3.05) is 26.3 Å². The largest absolute Gasteiger partial charge is 0.488 e. The second-order valence-electron chi connectivity index (χ2n) is 9.15. The van der Waals surface area contributed by atoms with Gasteiger partial charge < -0.3 is 19.8 Å². The number of ether oxygens (including phenoxy) is 2. The van der Waals surface area contributed by atoms with Crippen LogP contribution in [0.1, 0.15) is 44.1 Å². The molecule has 2 bridgehead atoms. The Kier molecular flexibility index (Phi) is 5.60. The van der Waals surface area contributed by atoms with Gasteiger partial charge in [0, 0.05) is 30.3 Å². The second-order valence-corrected chi connectivity index (χ2v) is 9.15. The zero-order valence-corrected chi connectivity index (χ0v) is 17.1. The number of piperidine rings is 1. The van der Waals surface area contributed by atoms with Crippen LogP contribution in [0.3, 0.4) is 0 Å². The Morgan fingerprint density at radius 2 is 1.83 bits per heavy atom. The molecule has 2 aliphatic heterocycles. The summed E-state index contributed by atoms with van der Waals surface area (Å²) < 4.78 is 12.5. The van der Waals surface area contributed by atoms with Crippen molar-refractivity contribution >= 4 is 10.9 Å². The Bertz CT molecular complexity index is 883. The minimum Gasteiger partial charge on any atom is -0.488 e. The van der Waals surface area contributed by atoms with E-state index in [4.69, 9.17) is 9.47 Å². The summed E-state index contributed by atoms with van der Waals surface area (Å²) in [5.74, 6) is 2.48. The first-order valence-corrected chi connectivity index (χ1v) is 11.4. The van der Waals surface area contributed by atoms with Crippen molar-refractivity contribution in [3.63, 3.8) is 0 Å². The average Bonchev–Trinajstić information content (AvgIpc) is 3.53. The number of aromatic amines is 1. The predicted octanol–water partition coefficient (Wildman–Crippen LogP) is 3.65. The molecule has 2 aromatic rings. The van der Waals surface area contributed by atoms with E-state index in [-0.39, 0.29) is 11.7 Å². The molecule has 2 unspecified atom stereocenters. The Hall–Kier alpha value is -1.85. The molecule has 0 radical (unpaired) electrons. The van der Waals surface area contributed by atoms with Gasteiger partial charge in [0.25, 0.3) is 5.56 Å². The normalized spacial score (nSPS) is 26.6. The molecule has 2 atom stereocenters. The molecule has 0 spiro atoms. The van der Waals surface area contributed by atoms with Crippen LogP contribution in [0.4, 0.5) is 0 Å². The van der Waals surface area contributed by atoms with Gasteiger partial charge in [-0.1, -0.05) is 44.2 Å². The second kappa shape index (κ2) is 8.49. The van der Waals surface area contributed by atoms with Gasteiger partial charge in [0.15, 0.2) is 0 Å². The number of benzene rings is 1. The lowest BCUT2D eigenvalue weighted by Crippen LogP contribution is -2.56. The fourth-order valence-electron chi connectivity index (χ4n) is 5.01. The molecule has 29 heavy (non-hydrogen) atoms. The van der Waals surface area contributed by atoms with Crippen LogP contribution in [-0.4, -0.2) is 37.4 Å². The fourth-order valence-corrected chi connectivity index (χ4v) is 5.01. The van der Waals surface area contributed by atoms with Gasteiger partial charge in [-0.05, 0) is 30.9 Å². The first-order chi connectivity index (χ1) is 14.3. The number of H-pyrrole nitrogens is 1. The average molecular weight is 397 g/mol. The van der Waals surface area contributed by atoms with Crippen LogP contribution < -0.4 is 15.6 Å². The van der Waals surface area contributed by atoms with Crippen molar-refractivity contribution in [3.05, 3.63) is 40.2 Å². The molecule has 0 amide bonds. The van der Waals surface area contributed by atoms with E-state index in [1.807, 2.05) is 18.2 Å².